The molecule has 0 N–H and O–H groups in total. The Bertz CT molecular complexity index is 308. The molecule has 0 aliphatic carbocycles. The fourth-order valence-electron chi connectivity index (χ4n) is 1.24. The fourth-order valence-corrected chi connectivity index (χ4v) is 1.66. The van der Waals surface area contributed by atoms with Gasteiger partial charge in [0.25, 0.3) is 0 Å². The molecule has 13 heavy (non-hydrogen) atoms. The molecule has 1 aliphatic heterocycles. The normalized spacial score (nSPS) is 14.0. The maximum Gasteiger partial charge on any atom is 0.203 e. The molecule has 0 amide bonds. The maximum atomic E-state index is 5.43. The van der Waals surface area contributed by atoms with E-state index in [2.05, 4.69) is 15.9 Å². The zero-order valence-corrected chi connectivity index (χ0v) is 8.76. The Balaban J connectivity index is 2.50. The number of ether oxygens (including phenoxy) is 3. The highest BCUT2D eigenvalue weighted by molar-refractivity contribution is 9.10. The average Bonchev–Trinajstić information content (AvgIpc) is 2.16. The molecule has 0 fully saturated rings. The summed E-state index contributed by atoms with van der Waals surface area (Å²) in [6.45, 7) is 1.16. The molecule has 0 unspecified atom stereocenters. The molecule has 0 aromatic heterocycles. The summed E-state index contributed by atoms with van der Waals surface area (Å²) in [5, 5.41) is 0. The monoisotopic (exact) mass is 244 g/mol. The average molecular weight is 245 g/mol. The summed E-state index contributed by atoms with van der Waals surface area (Å²) in [6.07, 6.45) is 0. The van der Waals surface area contributed by atoms with Crippen LogP contribution in [-0.2, 0) is 0 Å². The van der Waals surface area contributed by atoms with E-state index >= 15 is 0 Å². The molecular weight excluding hydrogens is 236 g/mol. The van der Waals surface area contributed by atoms with Crippen molar-refractivity contribution in [1.82, 2.24) is 0 Å². The van der Waals surface area contributed by atoms with Gasteiger partial charge in [0.1, 0.15) is 13.2 Å². The van der Waals surface area contributed by atoms with Crippen LogP contribution in [0.4, 0.5) is 0 Å². The first-order valence-electron chi connectivity index (χ1n) is 3.94. The van der Waals surface area contributed by atoms with Gasteiger partial charge in [0.15, 0.2) is 11.5 Å². The summed E-state index contributed by atoms with van der Waals surface area (Å²) < 4.78 is 16.9. The van der Waals surface area contributed by atoms with Crippen molar-refractivity contribution in [3.05, 3.63) is 16.6 Å². The Morgan fingerprint density at radius 3 is 2.85 bits per heavy atom. The van der Waals surface area contributed by atoms with Crippen LogP contribution >= 0.6 is 15.9 Å². The molecule has 0 spiro atoms. The Labute approximate surface area is 84.7 Å². The molecular formula is C9H9BrO3. The minimum absolute atomic E-state index is 0.574. The summed E-state index contributed by atoms with van der Waals surface area (Å²) in [7, 11) is 1.61. The summed E-state index contributed by atoms with van der Waals surface area (Å²) in [6, 6.07) is 3.73. The largest absolute Gasteiger partial charge is 0.493 e. The third-order valence-corrected chi connectivity index (χ3v) is 2.25. The number of fused-ring (bicyclic) bond motifs is 1. The highest BCUT2D eigenvalue weighted by Gasteiger charge is 2.17. The van der Waals surface area contributed by atoms with Crippen LogP contribution in [0, 0.1) is 0 Å². The lowest BCUT2D eigenvalue weighted by Gasteiger charge is -2.20. The molecule has 3 nitrogen and oxygen atoms in total. The maximum absolute atomic E-state index is 5.43. The zero-order valence-electron chi connectivity index (χ0n) is 7.17. The molecule has 0 saturated heterocycles. The second kappa shape index (κ2) is 3.46. The lowest BCUT2D eigenvalue weighted by molar-refractivity contribution is 0.165. The van der Waals surface area contributed by atoms with Gasteiger partial charge in [-0.1, -0.05) is 15.9 Å². The summed E-state index contributed by atoms with van der Waals surface area (Å²) in [5.41, 5.74) is 0. The van der Waals surface area contributed by atoms with E-state index in [9.17, 15) is 0 Å². The van der Waals surface area contributed by atoms with Crippen LogP contribution in [0.15, 0.2) is 16.6 Å². The van der Waals surface area contributed by atoms with E-state index in [0.717, 1.165) is 10.2 Å². The molecule has 0 radical (unpaired) electrons. The second-order valence-electron chi connectivity index (χ2n) is 2.63. The van der Waals surface area contributed by atoms with Crippen LogP contribution in [0.1, 0.15) is 0 Å². The number of benzene rings is 1. The quantitative estimate of drug-likeness (QED) is 0.759. The summed E-state index contributed by atoms with van der Waals surface area (Å²) >= 11 is 3.37. The van der Waals surface area contributed by atoms with Gasteiger partial charge in [-0.25, -0.2) is 0 Å². The molecule has 1 aromatic rings. The number of methoxy groups -OCH3 is 1. The van der Waals surface area contributed by atoms with Crippen LogP contribution in [0.5, 0.6) is 17.2 Å². The molecule has 70 valence electrons. The van der Waals surface area contributed by atoms with E-state index in [4.69, 9.17) is 14.2 Å². The first kappa shape index (κ1) is 8.69. The number of hydrogen-bond donors (Lipinski definition) is 0. The predicted molar refractivity (Wildman–Crippen MR) is 51.7 cm³/mol. The van der Waals surface area contributed by atoms with Gasteiger partial charge in [0.05, 0.1) is 7.11 Å². The molecule has 0 bridgehead atoms. The molecule has 1 aliphatic rings. The number of rotatable bonds is 1. The van der Waals surface area contributed by atoms with E-state index < -0.39 is 0 Å². The van der Waals surface area contributed by atoms with Gasteiger partial charge in [-0.3, -0.25) is 0 Å². The third kappa shape index (κ3) is 1.58. The van der Waals surface area contributed by atoms with E-state index in [1.807, 2.05) is 12.1 Å². The van der Waals surface area contributed by atoms with Crippen molar-refractivity contribution in [2.24, 2.45) is 0 Å². The Morgan fingerprint density at radius 1 is 1.31 bits per heavy atom. The molecule has 1 aromatic carbocycles. The van der Waals surface area contributed by atoms with Gasteiger partial charge < -0.3 is 14.2 Å². The standard InChI is InChI=1S/C9H9BrO3/c1-11-7-4-6(10)5-8-9(7)13-3-2-12-8/h4-5H,2-3H2,1H3. The van der Waals surface area contributed by atoms with Crippen molar-refractivity contribution in [2.45, 2.75) is 0 Å². The smallest absolute Gasteiger partial charge is 0.203 e. The zero-order chi connectivity index (χ0) is 9.26. The first-order chi connectivity index (χ1) is 6.31. The van der Waals surface area contributed by atoms with Gasteiger partial charge in [0, 0.05) is 4.47 Å². The van der Waals surface area contributed by atoms with Crippen molar-refractivity contribution < 1.29 is 14.2 Å². The van der Waals surface area contributed by atoms with Crippen LogP contribution < -0.4 is 14.2 Å². The topological polar surface area (TPSA) is 27.7 Å². The van der Waals surface area contributed by atoms with Crippen molar-refractivity contribution >= 4 is 15.9 Å². The van der Waals surface area contributed by atoms with Crippen LogP contribution in [0.3, 0.4) is 0 Å². The van der Waals surface area contributed by atoms with Crippen molar-refractivity contribution in [3.63, 3.8) is 0 Å². The minimum Gasteiger partial charge on any atom is -0.493 e. The van der Waals surface area contributed by atoms with E-state index in [1.165, 1.54) is 0 Å². The number of halogens is 1. The number of hydrogen-bond acceptors (Lipinski definition) is 3. The van der Waals surface area contributed by atoms with Gasteiger partial charge in [-0.15, -0.1) is 0 Å². The summed E-state index contributed by atoms with van der Waals surface area (Å²) in [5.74, 6) is 2.12. The van der Waals surface area contributed by atoms with Gasteiger partial charge in [-0.05, 0) is 12.1 Å². The van der Waals surface area contributed by atoms with E-state index in [1.54, 1.807) is 7.11 Å². The van der Waals surface area contributed by atoms with Crippen LogP contribution in [0.2, 0.25) is 0 Å². The van der Waals surface area contributed by atoms with Crippen molar-refractivity contribution in [1.29, 1.82) is 0 Å². The predicted octanol–water partition coefficient (Wildman–Crippen LogP) is 2.23. The Morgan fingerprint density at radius 2 is 2.08 bits per heavy atom. The molecule has 0 atom stereocenters. The van der Waals surface area contributed by atoms with E-state index in [-0.39, 0.29) is 0 Å². The fraction of sp³-hybridized carbons (Fsp3) is 0.333. The van der Waals surface area contributed by atoms with Crippen LogP contribution in [0.25, 0.3) is 0 Å². The van der Waals surface area contributed by atoms with Gasteiger partial charge in [-0.2, -0.15) is 0 Å². The summed E-state index contributed by atoms with van der Waals surface area (Å²) in [4.78, 5) is 0. The first-order valence-corrected chi connectivity index (χ1v) is 4.73. The highest BCUT2D eigenvalue weighted by Crippen LogP contribution is 2.41. The minimum atomic E-state index is 0.574. The van der Waals surface area contributed by atoms with Crippen molar-refractivity contribution in [2.75, 3.05) is 20.3 Å². The van der Waals surface area contributed by atoms with Gasteiger partial charge in [0.2, 0.25) is 5.75 Å². The third-order valence-electron chi connectivity index (χ3n) is 1.79. The Kier molecular flexibility index (Phi) is 2.31. The van der Waals surface area contributed by atoms with Crippen molar-refractivity contribution in [3.8, 4) is 17.2 Å². The highest BCUT2D eigenvalue weighted by atomic mass is 79.9. The second-order valence-corrected chi connectivity index (χ2v) is 3.55. The van der Waals surface area contributed by atoms with Gasteiger partial charge >= 0.3 is 0 Å². The molecule has 1 heterocycles. The lowest BCUT2D eigenvalue weighted by Crippen LogP contribution is -2.15. The van der Waals surface area contributed by atoms with Crippen LogP contribution in [-0.4, -0.2) is 20.3 Å². The lowest BCUT2D eigenvalue weighted by atomic mass is 10.3. The Hall–Kier alpha value is -0.900. The van der Waals surface area contributed by atoms with E-state index in [0.29, 0.717) is 24.7 Å². The molecule has 2 rings (SSSR count). The molecule has 0 saturated carbocycles. The SMILES string of the molecule is COc1cc(Br)cc2c1OCCO2. The molecule has 4 heteroatoms.